The molecule has 2 atom stereocenters. The van der Waals surface area contributed by atoms with Gasteiger partial charge in [0, 0.05) is 52.6 Å². The second kappa shape index (κ2) is 9.05. The normalized spacial score (nSPS) is 28.8. The Bertz CT molecular complexity index is 1340. The summed E-state index contributed by atoms with van der Waals surface area (Å²) in [7, 11) is 1.94. The number of fused-ring (bicyclic) bond motifs is 2. The van der Waals surface area contributed by atoms with E-state index in [0.717, 1.165) is 72.3 Å². The van der Waals surface area contributed by atoms with E-state index in [1.54, 1.807) is 0 Å². The van der Waals surface area contributed by atoms with Crippen molar-refractivity contribution in [2.75, 3.05) is 24.9 Å². The van der Waals surface area contributed by atoms with Gasteiger partial charge in [0.2, 0.25) is 0 Å². The first-order chi connectivity index (χ1) is 18.3. The lowest BCUT2D eigenvalue weighted by Crippen LogP contribution is -2.47. The van der Waals surface area contributed by atoms with E-state index >= 15 is 0 Å². The third kappa shape index (κ3) is 5.13. The fraction of sp³-hybridized carbons (Fsp3) is 0.633. The minimum atomic E-state index is -1.32. The van der Waals surface area contributed by atoms with Gasteiger partial charge in [0.25, 0.3) is 0 Å². The molecular weight excluding hydrogens is 460 g/mol. The van der Waals surface area contributed by atoms with Gasteiger partial charge in [-0.1, -0.05) is 6.07 Å². The minimum Gasteiger partial charge on any atom is -0.370 e. The predicted molar refractivity (Wildman–Crippen MR) is 149 cm³/mol. The third-order valence-electron chi connectivity index (χ3n) is 8.51. The Balaban J connectivity index is 1.08. The summed E-state index contributed by atoms with van der Waals surface area (Å²) < 4.78 is 26.3. The molecule has 198 valence electrons. The Morgan fingerprint density at radius 3 is 2.38 bits per heavy atom. The summed E-state index contributed by atoms with van der Waals surface area (Å²) in [5, 5.41) is 18.3. The van der Waals surface area contributed by atoms with Crippen LogP contribution < -0.4 is 5.32 Å². The van der Waals surface area contributed by atoms with Crippen LogP contribution in [0, 0.1) is 24.7 Å². The fourth-order valence-electron chi connectivity index (χ4n) is 7.35. The molecule has 1 aliphatic carbocycles. The van der Waals surface area contributed by atoms with Gasteiger partial charge in [-0.15, -0.1) is 10.2 Å². The van der Waals surface area contributed by atoms with E-state index in [2.05, 4.69) is 66.2 Å². The van der Waals surface area contributed by atoms with Crippen LogP contribution >= 0.6 is 0 Å². The first-order valence-electron chi connectivity index (χ1n) is 14.8. The van der Waals surface area contributed by atoms with Gasteiger partial charge in [-0.2, -0.15) is 5.10 Å². The molecule has 3 fully saturated rings. The van der Waals surface area contributed by atoms with Crippen molar-refractivity contribution >= 4 is 16.7 Å². The maximum absolute atomic E-state index is 9.13. The van der Waals surface area contributed by atoms with Crippen LogP contribution in [-0.2, 0) is 11.8 Å². The third-order valence-corrected chi connectivity index (χ3v) is 8.51. The zero-order valence-corrected chi connectivity index (χ0v) is 23.1. The number of aromatic nitrogens is 4. The molecule has 0 bridgehead atoms. The van der Waals surface area contributed by atoms with Crippen molar-refractivity contribution in [3.8, 4) is 11.3 Å². The van der Waals surface area contributed by atoms with Crippen molar-refractivity contribution in [3.63, 3.8) is 0 Å². The molecule has 2 aliphatic heterocycles. The van der Waals surface area contributed by atoms with Gasteiger partial charge in [-0.3, -0.25) is 4.68 Å². The molecule has 3 aromatic rings. The molecule has 2 saturated heterocycles. The summed E-state index contributed by atoms with van der Waals surface area (Å²) in [5.41, 5.74) is 3.50. The quantitative estimate of drug-likeness (QED) is 0.499. The van der Waals surface area contributed by atoms with Crippen LogP contribution in [0.1, 0.15) is 61.7 Å². The topological polar surface area (TPSA) is 68.1 Å². The maximum atomic E-state index is 9.13. The minimum absolute atomic E-state index is 0.0275. The van der Waals surface area contributed by atoms with Crippen LogP contribution in [0.2, 0.25) is 0 Å². The van der Waals surface area contributed by atoms with E-state index in [9.17, 15) is 0 Å². The molecule has 7 nitrogen and oxygen atoms in total. The number of aryl methyl sites for hydroxylation is 2. The summed E-state index contributed by atoms with van der Waals surface area (Å²) in [5.74, 6) is 1.81. The predicted octanol–water partition coefficient (Wildman–Crippen LogP) is 5.44. The average molecular weight is 505 g/mol. The highest BCUT2D eigenvalue weighted by atomic mass is 16.5. The molecule has 0 spiro atoms. The smallest absolute Gasteiger partial charge is 0.148 e. The average Bonchev–Trinajstić information content (AvgIpc) is 3.51. The van der Waals surface area contributed by atoms with Crippen molar-refractivity contribution in [3.05, 3.63) is 36.0 Å². The van der Waals surface area contributed by atoms with E-state index in [1.807, 2.05) is 36.1 Å². The lowest BCUT2D eigenvalue weighted by atomic mass is 9.80. The summed E-state index contributed by atoms with van der Waals surface area (Å²) in [6, 6.07) is 8.54. The van der Waals surface area contributed by atoms with Gasteiger partial charge in [0.15, 0.2) is 0 Å². The molecule has 2 unspecified atom stereocenters. The largest absolute Gasteiger partial charge is 0.370 e. The number of anilines is 1. The van der Waals surface area contributed by atoms with E-state index in [4.69, 9.17) is 7.48 Å². The van der Waals surface area contributed by atoms with Crippen molar-refractivity contribution in [1.29, 1.82) is 0 Å². The SMILES string of the molecule is [2H]C([2H])(C1CC(C)(C)OC(C)(C)C1)N1CC2CC(Nc3ccc(-c4ccc5nn(C)cc5c4C)nn3)CC2C1. The molecule has 37 heavy (non-hydrogen) atoms. The second-order valence-electron chi connectivity index (χ2n) is 12.9. The Morgan fingerprint density at radius 1 is 1.03 bits per heavy atom. The molecule has 4 heterocycles. The Hall–Kier alpha value is -2.51. The Labute approximate surface area is 223 Å². The van der Waals surface area contributed by atoms with Gasteiger partial charge in [-0.25, -0.2) is 0 Å². The van der Waals surface area contributed by atoms with Crippen molar-refractivity contribution in [1.82, 2.24) is 24.9 Å². The highest BCUT2D eigenvalue weighted by molar-refractivity contribution is 5.88. The lowest BCUT2D eigenvalue weighted by molar-refractivity contribution is -0.174. The molecule has 1 saturated carbocycles. The second-order valence-corrected chi connectivity index (χ2v) is 12.9. The molecule has 0 radical (unpaired) electrons. The van der Waals surface area contributed by atoms with Crippen molar-refractivity contribution in [2.24, 2.45) is 24.8 Å². The van der Waals surface area contributed by atoms with Gasteiger partial charge in [-0.05, 0) is 102 Å². The maximum Gasteiger partial charge on any atom is 0.148 e. The number of hydrogen-bond acceptors (Lipinski definition) is 6. The zero-order valence-electron chi connectivity index (χ0n) is 25.1. The molecule has 3 aliphatic rings. The van der Waals surface area contributed by atoms with Crippen LogP contribution in [0.4, 0.5) is 5.82 Å². The number of likely N-dealkylation sites (tertiary alicyclic amines) is 1. The molecule has 2 aromatic heterocycles. The number of nitrogens with zero attached hydrogens (tertiary/aromatic N) is 5. The molecule has 1 N–H and O–H groups in total. The van der Waals surface area contributed by atoms with E-state index in [0.29, 0.717) is 17.9 Å². The van der Waals surface area contributed by atoms with E-state index in [1.165, 1.54) is 0 Å². The Kier molecular flexibility index (Phi) is 5.50. The monoisotopic (exact) mass is 504 g/mol. The first kappa shape index (κ1) is 22.5. The van der Waals surface area contributed by atoms with Crippen LogP contribution in [0.15, 0.2) is 30.5 Å². The van der Waals surface area contributed by atoms with Gasteiger partial charge < -0.3 is 15.0 Å². The zero-order chi connectivity index (χ0) is 27.7. The van der Waals surface area contributed by atoms with Gasteiger partial charge >= 0.3 is 0 Å². The van der Waals surface area contributed by atoms with Gasteiger partial charge in [0.05, 0.1) is 22.4 Å². The molecule has 0 amide bonds. The summed E-state index contributed by atoms with van der Waals surface area (Å²) in [6.07, 6.45) is 5.64. The Morgan fingerprint density at radius 2 is 1.73 bits per heavy atom. The van der Waals surface area contributed by atoms with Crippen molar-refractivity contribution in [2.45, 2.75) is 77.5 Å². The fourth-order valence-corrected chi connectivity index (χ4v) is 7.35. The molecular formula is C30H42N6O. The highest BCUT2D eigenvalue weighted by Crippen LogP contribution is 2.42. The molecule has 6 rings (SSSR count). The number of hydrogen-bond donors (Lipinski definition) is 1. The van der Waals surface area contributed by atoms with Crippen LogP contribution in [0.3, 0.4) is 0 Å². The van der Waals surface area contributed by atoms with E-state index in [-0.39, 0.29) is 17.1 Å². The highest BCUT2D eigenvalue weighted by Gasteiger charge is 2.44. The summed E-state index contributed by atoms with van der Waals surface area (Å²) in [4.78, 5) is 2.14. The first-order valence-corrected chi connectivity index (χ1v) is 13.8. The summed E-state index contributed by atoms with van der Waals surface area (Å²) in [6.45, 7) is 10.8. The van der Waals surface area contributed by atoms with Crippen molar-refractivity contribution < 1.29 is 7.48 Å². The number of benzene rings is 1. The van der Waals surface area contributed by atoms with Crippen LogP contribution in [0.25, 0.3) is 22.2 Å². The number of rotatable bonds is 5. The molecule has 7 heteroatoms. The van der Waals surface area contributed by atoms with Gasteiger partial charge in [0.1, 0.15) is 5.82 Å². The number of nitrogens with one attached hydrogen (secondary N) is 1. The van der Waals surface area contributed by atoms with Crippen LogP contribution in [0.5, 0.6) is 0 Å². The van der Waals surface area contributed by atoms with E-state index < -0.39 is 6.50 Å². The lowest BCUT2D eigenvalue weighted by Gasteiger charge is -2.46. The molecule has 1 aromatic carbocycles. The standard InChI is InChI=1S/C30H42N6O/c1-19-24(7-8-27-25(19)18-35(6)34-27)26-9-10-28(33-32-26)31-23-11-21-16-36(17-22(21)12-23)15-20-13-29(2,3)37-30(4,5)14-20/h7-10,18,20-23H,11-17H2,1-6H3,(H,31,33)/i15D2. The van der Waals surface area contributed by atoms with Crippen LogP contribution in [-0.4, -0.2) is 61.7 Å². The summed E-state index contributed by atoms with van der Waals surface area (Å²) >= 11 is 0. The number of ether oxygens (including phenoxy) is 1.